The minimum atomic E-state index is -0.553. The summed E-state index contributed by atoms with van der Waals surface area (Å²) in [6.45, 7) is 2.02. The molecule has 0 bridgehead atoms. The van der Waals surface area contributed by atoms with Crippen LogP contribution in [0.4, 0.5) is 4.79 Å². The third-order valence-electron chi connectivity index (χ3n) is 3.67. The molecule has 7 nitrogen and oxygen atoms in total. The Hall–Kier alpha value is -2.70. The highest BCUT2D eigenvalue weighted by Crippen LogP contribution is 2.15. The second kappa shape index (κ2) is 6.60. The number of rotatable bonds is 6. The van der Waals surface area contributed by atoms with Crippen LogP contribution in [-0.4, -0.2) is 33.0 Å². The van der Waals surface area contributed by atoms with Crippen molar-refractivity contribution in [3.63, 3.8) is 0 Å². The molecule has 1 atom stereocenters. The van der Waals surface area contributed by atoms with E-state index in [0.717, 1.165) is 16.9 Å². The van der Waals surface area contributed by atoms with Gasteiger partial charge >= 0.3 is 6.03 Å². The Bertz CT molecular complexity index is 698. The average molecular weight is 314 g/mol. The lowest BCUT2D eigenvalue weighted by Gasteiger charge is -2.10. The maximum absolute atomic E-state index is 12.4. The molecule has 1 N–H and O–H groups in total. The zero-order valence-corrected chi connectivity index (χ0v) is 12.9. The van der Waals surface area contributed by atoms with Gasteiger partial charge in [-0.3, -0.25) is 9.69 Å². The van der Waals surface area contributed by atoms with E-state index in [0.29, 0.717) is 18.7 Å². The van der Waals surface area contributed by atoms with Crippen LogP contribution in [0.1, 0.15) is 30.6 Å². The number of imide groups is 1. The third-order valence-corrected chi connectivity index (χ3v) is 3.67. The van der Waals surface area contributed by atoms with Crippen molar-refractivity contribution in [2.75, 3.05) is 0 Å². The van der Waals surface area contributed by atoms with E-state index in [9.17, 15) is 9.59 Å². The molecular weight excluding hydrogens is 296 g/mol. The van der Waals surface area contributed by atoms with Gasteiger partial charge in [-0.2, -0.15) is 4.98 Å². The van der Waals surface area contributed by atoms with Crippen LogP contribution >= 0.6 is 0 Å². The molecule has 7 heteroatoms. The number of aromatic nitrogens is 2. The van der Waals surface area contributed by atoms with Gasteiger partial charge in [-0.05, 0) is 12.0 Å². The first kappa shape index (κ1) is 15.2. The Morgan fingerprint density at radius 2 is 2.04 bits per heavy atom. The molecule has 1 aromatic carbocycles. The summed E-state index contributed by atoms with van der Waals surface area (Å²) in [5.41, 5.74) is 0.996. The van der Waals surface area contributed by atoms with Gasteiger partial charge in [0.05, 0.1) is 0 Å². The fraction of sp³-hybridized carbons (Fsp3) is 0.375. The monoisotopic (exact) mass is 314 g/mol. The van der Waals surface area contributed by atoms with Crippen LogP contribution in [0.3, 0.4) is 0 Å². The molecule has 0 radical (unpaired) electrons. The molecule has 2 aromatic rings. The Kier molecular flexibility index (Phi) is 4.36. The van der Waals surface area contributed by atoms with Crippen molar-refractivity contribution in [2.24, 2.45) is 0 Å². The number of hydrogen-bond donors (Lipinski definition) is 1. The molecule has 1 saturated heterocycles. The number of carbonyl (C=O) groups is 2. The van der Waals surface area contributed by atoms with Gasteiger partial charge in [-0.15, -0.1) is 0 Å². The van der Waals surface area contributed by atoms with Crippen molar-refractivity contribution in [3.05, 3.63) is 47.6 Å². The van der Waals surface area contributed by atoms with E-state index < -0.39 is 12.1 Å². The third kappa shape index (κ3) is 3.39. The van der Waals surface area contributed by atoms with Crippen molar-refractivity contribution >= 4 is 11.9 Å². The molecule has 2 heterocycles. The maximum Gasteiger partial charge on any atom is 0.325 e. The lowest BCUT2D eigenvalue weighted by Crippen LogP contribution is -2.32. The average Bonchev–Trinajstić information content (AvgIpc) is 3.09. The van der Waals surface area contributed by atoms with E-state index in [4.69, 9.17) is 4.52 Å². The largest absolute Gasteiger partial charge is 0.337 e. The number of carbonyl (C=O) groups excluding carboxylic acids is 2. The van der Waals surface area contributed by atoms with Crippen LogP contribution < -0.4 is 5.32 Å². The van der Waals surface area contributed by atoms with Gasteiger partial charge in [-0.1, -0.05) is 42.4 Å². The summed E-state index contributed by atoms with van der Waals surface area (Å²) >= 11 is 0. The summed E-state index contributed by atoms with van der Waals surface area (Å²) in [6.07, 6.45) is 2.08. The van der Waals surface area contributed by atoms with E-state index in [2.05, 4.69) is 15.5 Å². The van der Waals surface area contributed by atoms with Crippen molar-refractivity contribution in [3.8, 4) is 0 Å². The number of nitrogens with zero attached hydrogens (tertiary/aromatic N) is 3. The molecule has 3 amide bonds. The highest BCUT2D eigenvalue weighted by molar-refractivity contribution is 6.04. The predicted molar refractivity (Wildman–Crippen MR) is 81.3 cm³/mol. The van der Waals surface area contributed by atoms with Crippen LogP contribution in [0.5, 0.6) is 0 Å². The molecule has 23 heavy (non-hydrogen) atoms. The molecule has 1 fully saturated rings. The molecule has 0 saturated carbocycles. The Morgan fingerprint density at radius 1 is 1.26 bits per heavy atom. The van der Waals surface area contributed by atoms with Gasteiger partial charge in [0.15, 0.2) is 5.82 Å². The van der Waals surface area contributed by atoms with Crippen LogP contribution in [0.25, 0.3) is 0 Å². The van der Waals surface area contributed by atoms with Gasteiger partial charge < -0.3 is 9.84 Å². The molecule has 1 aliphatic heterocycles. The molecule has 1 aliphatic rings. The summed E-state index contributed by atoms with van der Waals surface area (Å²) in [6, 6.07) is 8.60. The number of nitrogens with one attached hydrogen (secondary N) is 1. The minimum absolute atomic E-state index is 0.00662. The highest BCUT2D eigenvalue weighted by Gasteiger charge is 2.38. The first-order valence-electron chi connectivity index (χ1n) is 7.64. The van der Waals surface area contributed by atoms with Crippen LogP contribution in [0.15, 0.2) is 34.9 Å². The number of hydrogen-bond acceptors (Lipinski definition) is 5. The Balaban J connectivity index is 1.66. The smallest absolute Gasteiger partial charge is 0.325 e. The van der Waals surface area contributed by atoms with Gasteiger partial charge in [0.2, 0.25) is 5.89 Å². The number of urea groups is 1. The van der Waals surface area contributed by atoms with Crippen LogP contribution in [-0.2, 0) is 24.2 Å². The first-order chi connectivity index (χ1) is 11.2. The fourth-order valence-corrected chi connectivity index (χ4v) is 2.53. The summed E-state index contributed by atoms with van der Waals surface area (Å²) in [7, 11) is 0. The number of aryl methyl sites for hydroxylation is 1. The standard InChI is InChI=1S/C16H18N4O3/c1-2-6-13-18-14(23-19-13)10-20-15(21)12(17-16(20)22)9-11-7-4-3-5-8-11/h3-5,7-8,12H,2,6,9-10H2,1H3,(H,17,22). The predicted octanol–water partition coefficient (Wildman–Crippen LogP) is 1.69. The normalized spacial score (nSPS) is 17.6. The summed E-state index contributed by atoms with van der Waals surface area (Å²) in [5.74, 6) is 0.599. The molecule has 1 unspecified atom stereocenters. The maximum atomic E-state index is 12.4. The first-order valence-corrected chi connectivity index (χ1v) is 7.64. The molecule has 3 rings (SSSR count). The minimum Gasteiger partial charge on any atom is -0.337 e. The van der Waals surface area contributed by atoms with Crippen molar-refractivity contribution in [1.82, 2.24) is 20.4 Å². The quantitative estimate of drug-likeness (QED) is 0.820. The highest BCUT2D eigenvalue weighted by atomic mass is 16.5. The van der Waals surface area contributed by atoms with Gasteiger partial charge in [-0.25, -0.2) is 4.79 Å². The van der Waals surface area contributed by atoms with Crippen LogP contribution in [0, 0.1) is 0 Å². The van der Waals surface area contributed by atoms with E-state index in [1.54, 1.807) is 0 Å². The molecule has 120 valence electrons. The zero-order valence-electron chi connectivity index (χ0n) is 12.9. The Labute approximate surface area is 133 Å². The molecule has 0 spiro atoms. The van der Waals surface area contributed by atoms with E-state index in [1.807, 2.05) is 37.3 Å². The second-order valence-corrected chi connectivity index (χ2v) is 5.47. The summed E-state index contributed by atoms with van der Waals surface area (Å²) in [4.78, 5) is 29.7. The number of benzene rings is 1. The topological polar surface area (TPSA) is 88.3 Å². The SMILES string of the molecule is CCCc1noc(CN2C(=O)NC(Cc3ccccc3)C2=O)n1. The Morgan fingerprint density at radius 3 is 2.78 bits per heavy atom. The van der Waals surface area contributed by atoms with E-state index >= 15 is 0 Å². The lowest BCUT2D eigenvalue weighted by atomic mass is 10.1. The second-order valence-electron chi connectivity index (χ2n) is 5.47. The van der Waals surface area contributed by atoms with Crippen molar-refractivity contribution in [1.29, 1.82) is 0 Å². The van der Waals surface area contributed by atoms with Crippen molar-refractivity contribution in [2.45, 2.75) is 38.8 Å². The summed E-state index contributed by atoms with van der Waals surface area (Å²) in [5, 5.41) is 6.53. The lowest BCUT2D eigenvalue weighted by molar-refractivity contribution is -0.128. The summed E-state index contributed by atoms with van der Waals surface area (Å²) < 4.78 is 5.09. The van der Waals surface area contributed by atoms with E-state index in [1.165, 1.54) is 0 Å². The number of amides is 3. The van der Waals surface area contributed by atoms with Gasteiger partial charge in [0.25, 0.3) is 5.91 Å². The van der Waals surface area contributed by atoms with E-state index in [-0.39, 0.29) is 18.3 Å². The van der Waals surface area contributed by atoms with Crippen LogP contribution in [0.2, 0.25) is 0 Å². The van der Waals surface area contributed by atoms with Gasteiger partial charge in [0, 0.05) is 12.8 Å². The molecule has 1 aromatic heterocycles. The molecular formula is C16H18N4O3. The zero-order chi connectivity index (χ0) is 16.2. The van der Waals surface area contributed by atoms with Gasteiger partial charge in [0.1, 0.15) is 12.6 Å². The molecule has 0 aliphatic carbocycles. The van der Waals surface area contributed by atoms with Crippen molar-refractivity contribution < 1.29 is 14.1 Å². The fourth-order valence-electron chi connectivity index (χ4n) is 2.53.